The van der Waals surface area contributed by atoms with Crippen LogP contribution >= 0.6 is 0 Å². The first-order valence-corrected chi connectivity index (χ1v) is 5.55. The van der Waals surface area contributed by atoms with E-state index in [2.05, 4.69) is 6.07 Å². The van der Waals surface area contributed by atoms with Crippen molar-refractivity contribution >= 4 is 20.8 Å². The Morgan fingerprint density at radius 1 is 1.21 bits per heavy atom. The van der Waals surface area contributed by atoms with Crippen molar-refractivity contribution in [2.75, 3.05) is 0 Å². The molecule has 2 N–H and O–H groups in total. The van der Waals surface area contributed by atoms with Crippen molar-refractivity contribution in [3.05, 3.63) is 42.5 Å². The van der Waals surface area contributed by atoms with E-state index in [1.54, 1.807) is 6.07 Å². The molecule has 71 valence electrons. The molecule has 14 heavy (non-hydrogen) atoms. The summed E-state index contributed by atoms with van der Waals surface area (Å²) in [5.41, 5.74) is 0. The Balaban J connectivity index is 2.75. The van der Waals surface area contributed by atoms with Gasteiger partial charge in [0, 0.05) is 0 Å². The van der Waals surface area contributed by atoms with Gasteiger partial charge < -0.3 is 0 Å². The summed E-state index contributed by atoms with van der Waals surface area (Å²) in [6.07, 6.45) is 0. The molecule has 0 spiro atoms. The molecule has 1 radical (unpaired) electrons. The number of hydrogen-bond donors (Lipinski definition) is 1. The summed E-state index contributed by atoms with van der Waals surface area (Å²) in [7, 11) is -3.63. The fourth-order valence-corrected chi connectivity index (χ4v) is 1.78. The smallest absolute Gasteiger partial charge is 0.225 e. The zero-order valence-corrected chi connectivity index (χ0v) is 8.08. The highest BCUT2D eigenvalue weighted by atomic mass is 32.2. The molecule has 0 saturated carbocycles. The zero-order chi connectivity index (χ0) is 10.2. The van der Waals surface area contributed by atoms with Crippen molar-refractivity contribution in [2.45, 2.75) is 4.90 Å². The predicted octanol–water partition coefficient (Wildman–Crippen LogP) is 1.29. The lowest BCUT2D eigenvalue weighted by molar-refractivity contribution is 0.598. The summed E-state index contributed by atoms with van der Waals surface area (Å²) >= 11 is 0. The van der Waals surface area contributed by atoms with Gasteiger partial charge in [0.1, 0.15) is 0 Å². The number of benzene rings is 2. The van der Waals surface area contributed by atoms with Crippen molar-refractivity contribution in [2.24, 2.45) is 5.14 Å². The molecule has 4 heteroatoms. The Morgan fingerprint density at radius 3 is 2.64 bits per heavy atom. The SMILES string of the molecule is NS(=O)(=O)c1c[c]c2ccccc2c1. The van der Waals surface area contributed by atoms with Crippen LogP contribution in [0.1, 0.15) is 0 Å². The standard InChI is InChI=1S/C10H8NO2S/c11-14(12,13)10-6-5-8-3-1-2-4-9(8)7-10/h1-4,6-7H,(H2,11,12,13). The monoisotopic (exact) mass is 206 g/mol. The maximum Gasteiger partial charge on any atom is 0.238 e. The van der Waals surface area contributed by atoms with Crippen LogP contribution in [-0.2, 0) is 10.0 Å². The van der Waals surface area contributed by atoms with Gasteiger partial charge in [0.15, 0.2) is 0 Å². The molecule has 0 fully saturated rings. The number of rotatable bonds is 1. The molecule has 0 bridgehead atoms. The summed E-state index contributed by atoms with van der Waals surface area (Å²) in [6.45, 7) is 0. The van der Waals surface area contributed by atoms with Gasteiger partial charge in [0.25, 0.3) is 0 Å². The average Bonchev–Trinajstić information content (AvgIpc) is 2.16. The molecular formula is C10H8NO2S. The molecule has 2 aromatic rings. The van der Waals surface area contributed by atoms with Crippen molar-refractivity contribution in [3.63, 3.8) is 0 Å². The normalized spacial score (nSPS) is 11.8. The van der Waals surface area contributed by atoms with Crippen LogP contribution in [0.3, 0.4) is 0 Å². The van der Waals surface area contributed by atoms with Crippen molar-refractivity contribution in [1.82, 2.24) is 0 Å². The van der Waals surface area contributed by atoms with E-state index in [4.69, 9.17) is 5.14 Å². The average molecular weight is 206 g/mol. The second-order valence-electron chi connectivity index (χ2n) is 2.97. The second kappa shape index (κ2) is 3.08. The van der Waals surface area contributed by atoms with Crippen LogP contribution in [0, 0.1) is 6.07 Å². The molecular weight excluding hydrogens is 198 g/mol. The van der Waals surface area contributed by atoms with Crippen LogP contribution in [-0.4, -0.2) is 8.42 Å². The first-order chi connectivity index (χ1) is 6.57. The first kappa shape index (κ1) is 9.18. The fraction of sp³-hybridized carbons (Fsp3) is 0. The Kier molecular flexibility index (Phi) is 2.02. The summed E-state index contributed by atoms with van der Waals surface area (Å²) in [5.74, 6) is 0. The van der Waals surface area contributed by atoms with Crippen LogP contribution < -0.4 is 5.14 Å². The van der Waals surface area contributed by atoms with Gasteiger partial charge in [0.05, 0.1) is 4.90 Å². The van der Waals surface area contributed by atoms with Crippen LogP contribution in [0.5, 0.6) is 0 Å². The molecule has 0 saturated heterocycles. The highest BCUT2D eigenvalue weighted by Crippen LogP contribution is 2.16. The van der Waals surface area contributed by atoms with Crippen molar-refractivity contribution in [3.8, 4) is 0 Å². The maximum atomic E-state index is 11.0. The van der Waals surface area contributed by atoms with E-state index < -0.39 is 10.0 Å². The van der Waals surface area contributed by atoms with E-state index in [0.717, 1.165) is 10.8 Å². The van der Waals surface area contributed by atoms with Crippen LogP contribution in [0.25, 0.3) is 10.8 Å². The quantitative estimate of drug-likeness (QED) is 0.764. The van der Waals surface area contributed by atoms with E-state index in [0.29, 0.717) is 0 Å². The molecule has 2 rings (SSSR count). The Hall–Kier alpha value is -1.39. The number of hydrogen-bond acceptors (Lipinski definition) is 2. The van der Waals surface area contributed by atoms with Crippen molar-refractivity contribution in [1.29, 1.82) is 0 Å². The van der Waals surface area contributed by atoms with Gasteiger partial charge >= 0.3 is 0 Å². The Morgan fingerprint density at radius 2 is 1.93 bits per heavy atom. The van der Waals surface area contributed by atoms with Crippen LogP contribution in [0.15, 0.2) is 41.3 Å². The largest absolute Gasteiger partial charge is 0.238 e. The maximum absolute atomic E-state index is 11.0. The summed E-state index contributed by atoms with van der Waals surface area (Å²) < 4.78 is 22.1. The molecule has 0 atom stereocenters. The third-order valence-electron chi connectivity index (χ3n) is 1.96. The summed E-state index contributed by atoms with van der Waals surface area (Å²) in [4.78, 5) is 0.0937. The molecule has 0 aromatic heterocycles. The van der Waals surface area contributed by atoms with Gasteiger partial charge in [-0.05, 0) is 29.0 Å². The molecule has 0 heterocycles. The van der Waals surface area contributed by atoms with E-state index in [9.17, 15) is 8.42 Å². The fourth-order valence-electron chi connectivity index (χ4n) is 1.26. The molecule has 3 nitrogen and oxygen atoms in total. The lowest BCUT2D eigenvalue weighted by atomic mass is 10.1. The number of primary sulfonamides is 1. The van der Waals surface area contributed by atoms with Gasteiger partial charge in [-0.25, -0.2) is 13.6 Å². The second-order valence-corrected chi connectivity index (χ2v) is 4.53. The molecule has 0 aliphatic heterocycles. The first-order valence-electron chi connectivity index (χ1n) is 4.01. The predicted molar refractivity (Wildman–Crippen MR) is 54.2 cm³/mol. The third-order valence-corrected chi connectivity index (χ3v) is 2.85. The van der Waals surface area contributed by atoms with E-state index in [-0.39, 0.29) is 4.90 Å². The van der Waals surface area contributed by atoms with Gasteiger partial charge in [-0.2, -0.15) is 0 Å². The van der Waals surface area contributed by atoms with Gasteiger partial charge in [0.2, 0.25) is 10.0 Å². The lowest BCUT2D eigenvalue weighted by Crippen LogP contribution is -2.11. The highest BCUT2D eigenvalue weighted by molar-refractivity contribution is 7.89. The van der Waals surface area contributed by atoms with Crippen LogP contribution in [0.2, 0.25) is 0 Å². The van der Waals surface area contributed by atoms with E-state index >= 15 is 0 Å². The summed E-state index contributed by atoms with van der Waals surface area (Å²) in [6, 6.07) is 13.2. The van der Waals surface area contributed by atoms with E-state index in [1.807, 2.05) is 24.3 Å². The molecule has 0 aliphatic rings. The molecule has 0 aliphatic carbocycles. The van der Waals surface area contributed by atoms with Crippen LogP contribution in [0.4, 0.5) is 0 Å². The minimum absolute atomic E-state index is 0.0937. The third kappa shape index (κ3) is 1.62. The molecule has 0 amide bonds. The number of sulfonamides is 1. The molecule has 2 aromatic carbocycles. The van der Waals surface area contributed by atoms with E-state index in [1.165, 1.54) is 6.07 Å². The zero-order valence-electron chi connectivity index (χ0n) is 7.27. The number of fused-ring (bicyclic) bond motifs is 1. The number of nitrogens with two attached hydrogens (primary N) is 1. The van der Waals surface area contributed by atoms with Gasteiger partial charge in [-0.15, -0.1) is 0 Å². The van der Waals surface area contributed by atoms with Gasteiger partial charge in [-0.1, -0.05) is 24.3 Å². The van der Waals surface area contributed by atoms with Crippen molar-refractivity contribution < 1.29 is 8.42 Å². The minimum atomic E-state index is -3.63. The summed E-state index contributed by atoms with van der Waals surface area (Å²) in [5, 5.41) is 6.69. The highest BCUT2D eigenvalue weighted by Gasteiger charge is 2.07. The Bertz CT molecular complexity index is 575. The minimum Gasteiger partial charge on any atom is -0.225 e. The Labute approximate surface area is 82.2 Å². The molecule has 0 unspecified atom stereocenters. The topological polar surface area (TPSA) is 60.2 Å². The lowest BCUT2D eigenvalue weighted by Gasteiger charge is -2.00. The van der Waals surface area contributed by atoms with Gasteiger partial charge in [-0.3, -0.25) is 0 Å².